The molecule has 1 aliphatic heterocycles. The number of methoxy groups -OCH3 is 1. The number of carbonyl (C=O) groups excluding carboxylic acids is 2. The first kappa shape index (κ1) is 21.1. The average Bonchev–Trinajstić information content (AvgIpc) is 2.98. The summed E-state index contributed by atoms with van der Waals surface area (Å²) in [4.78, 5) is 28.9. The molecule has 2 aromatic carbocycles. The summed E-state index contributed by atoms with van der Waals surface area (Å²) >= 11 is 1.33. The first-order valence-electron chi connectivity index (χ1n) is 9.71. The molecule has 0 bridgehead atoms. The molecule has 0 saturated carbocycles. The maximum absolute atomic E-state index is 13.1. The lowest BCUT2D eigenvalue weighted by molar-refractivity contribution is -0.136. The summed E-state index contributed by atoms with van der Waals surface area (Å²) in [5.74, 6) is 0.246. The topological polar surface area (TPSA) is 55.8 Å². The number of thioether (sulfide) groups is 1. The van der Waals surface area contributed by atoms with E-state index in [2.05, 4.69) is 0 Å². The van der Waals surface area contributed by atoms with Gasteiger partial charge in [-0.05, 0) is 42.7 Å². The summed E-state index contributed by atoms with van der Waals surface area (Å²) in [6, 6.07) is 17.0. The number of imide groups is 1. The van der Waals surface area contributed by atoms with E-state index in [-0.39, 0.29) is 11.8 Å². The Labute approximate surface area is 175 Å². The third-order valence-electron chi connectivity index (χ3n) is 4.43. The fourth-order valence-electron chi connectivity index (χ4n) is 3.02. The van der Waals surface area contributed by atoms with E-state index < -0.39 is 0 Å². The Hall–Kier alpha value is -2.57. The Morgan fingerprint density at radius 1 is 0.931 bits per heavy atom. The number of amides is 2. The van der Waals surface area contributed by atoms with Crippen molar-refractivity contribution < 1.29 is 19.1 Å². The molecule has 1 heterocycles. The van der Waals surface area contributed by atoms with Gasteiger partial charge in [0, 0.05) is 25.2 Å². The highest BCUT2D eigenvalue weighted by atomic mass is 32.2. The van der Waals surface area contributed by atoms with Crippen molar-refractivity contribution >= 4 is 29.1 Å². The lowest BCUT2D eigenvalue weighted by atomic mass is 10.1. The zero-order chi connectivity index (χ0) is 20.6. The largest absolute Gasteiger partial charge is 0.494 e. The molecular weight excluding hydrogens is 386 g/mol. The number of ether oxygens (including phenoxy) is 2. The molecule has 0 unspecified atom stereocenters. The number of hydrogen-bond acceptors (Lipinski definition) is 5. The van der Waals surface area contributed by atoms with Gasteiger partial charge < -0.3 is 9.47 Å². The zero-order valence-electron chi connectivity index (χ0n) is 16.7. The number of benzene rings is 2. The molecule has 0 radical (unpaired) electrons. The third-order valence-corrected chi connectivity index (χ3v) is 5.53. The van der Waals surface area contributed by atoms with E-state index in [4.69, 9.17) is 9.47 Å². The summed E-state index contributed by atoms with van der Waals surface area (Å²) in [5.41, 5.74) is 1.17. The van der Waals surface area contributed by atoms with Crippen molar-refractivity contribution in [2.45, 2.75) is 24.7 Å². The van der Waals surface area contributed by atoms with E-state index in [1.165, 1.54) is 16.7 Å². The van der Waals surface area contributed by atoms with E-state index >= 15 is 0 Å². The molecule has 0 N–H and O–H groups in total. The normalized spacial score (nSPS) is 14.1. The van der Waals surface area contributed by atoms with Crippen molar-refractivity contribution in [1.82, 2.24) is 4.90 Å². The van der Waals surface area contributed by atoms with Gasteiger partial charge in [-0.15, -0.1) is 0 Å². The molecule has 29 heavy (non-hydrogen) atoms. The predicted molar refractivity (Wildman–Crippen MR) is 115 cm³/mol. The lowest BCUT2D eigenvalue weighted by Crippen LogP contribution is -2.33. The molecule has 5 nitrogen and oxygen atoms in total. The van der Waals surface area contributed by atoms with Crippen LogP contribution in [0.15, 0.2) is 64.4 Å². The maximum atomic E-state index is 13.1. The van der Waals surface area contributed by atoms with Crippen LogP contribution in [-0.2, 0) is 14.3 Å². The van der Waals surface area contributed by atoms with Gasteiger partial charge in [-0.1, -0.05) is 49.0 Å². The quantitative estimate of drug-likeness (QED) is 0.429. The molecule has 3 rings (SSSR count). The highest BCUT2D eigenvalue weighted by Gasteiger charge is 2.39. The second-order valence-corrected chi connectivity index (χ2v) is 7.68. The summed E-state index contributed by atoms with van der Waals surface area (Å²) in [5, 5.41) is 0. The van der Waals surface area contributed by atoms with Gasteiger partial charge in [-0.3, -0.25) is 14.5 Å². The van der Waals surface area contributed by atoms with Gasteiger partial charge in [0.2, 0.25) is 0 Å². The van der Waals surface area contributed by atoms with Gasteiger partial charge in [0.25, 0.3) is 11.8 Å². The van der Waals surface area contributed by atoms with Crippen LogP contribution < -0.4 is 4.74 Å². The Bertz CT molecular complexity index is 878. The van der Waals surface area contributed by atoms with Gasteiger partial charge in [-0.2, -0.15) is 0 Å². The molecule has 152 valence electrons. The molecule has 0 aliphatic carbocycles. The molecule has 2 amide bonds. The summed E-state index contributed by atoms with van der Waals surface area (Å²) < 4.78 is 10.7. The van der Waals surface area contributed by atoms with Gasteiger partial charge in [0.05, 0.1) is 17.1 Å². The molecule has 0 saturated heterocycles. The standard InChI is InChI=1S/C23H25NO4S/c1-3-15-28-18-12-10-17(11-13-18)20-21(29-19-8-5-4-6-9-19)23(26)24(22(20)25)14-7-16-27-2/h4-6,8-13H,3,7,14-16H2,1-2H3. The Kier molecular flexibility index (Phi) is 7.49. The molecule has 0 fully saturated rings. The van der Waals surface area contributed by atoms with E-state index in [9.17, 15) is 9.59 Å². The first-order valence-corrected chi connectivity index (χ1v) is 10.5. The number of carbonyl (C=O) groups is 2. The van der Waals surface area contributed by atoms with Gasteiger partial charge in [0.1, 0.15) is 5.75 Å². The van der Waals surface area contributed by atoms with Crippen molar-refractivity contribution in [3.63, 3.8) is 0 Å². The number of hydrogen-bond donors (Lipinski definition) is 0. The molecule has 0 atom stereocenters. The van der Waals surface area contributed by atoms with Crippen molar-refractivity contribution in [2.75, 3.05) is 26.9 Å². The Morgan fingerprint density at radius 3 is 2.31 bits per heavy atom. The fraction of sp³-hybridized carbons (Fsp3) is 0.304. The second-order valence-electron chi connectivity index (χ2n) is 6.60. The second kappa shape index (κ2) is 10.3. The summed E-state index contributed by atoms with van der Waals surface area (Å²) in [7, 11) is 1.61. The predicted octanol–water partition coefficient (Wildman–Crippen LogP) is 4.38. The summed E-state index contributed by atoms with van der Waals surface area (Å²) in [6.45, 7) is 3.53. The molecular formula is C23H25NO4S. The minimum absolute atomic E-state index is 0.249. The summed E-state index contributed by atoms with van der Waals surface area (Å²) in [6.07, 6.45) is 1.53. The van der Waals surface area contributed by atoms with Crippen LogP contribution in [0.2, 0.25) is 0 Å². The number of rotatable bonds is 10. The van der Waals surface area contributed by atoms with E-state index in [0.29, 0.717) is 36.7 Å². The molecule has 6 heteroatoms. The van der Waals surface area contributed by atoms with Crippen LogP contribution in [0.4, 0.5) is 0 Å². The van der Waals surface area contributed by atoms with Gasteiger partial charge in [0.15, 0.2) is 0 Å². The SMILES string of the molecule is CCCOc1ccc(C2=C(Sc3ccccc3)C(=O)N(CCCOC)C2=O)cc1. The van der Waals surface area contributed by atoms with Crippen LogP contribution in [0, 0.1) is 0 Å². The van der Waals surface area contributed by atoms with Gasteiger partial charge >= 0.3 is 0 Å². The maximum Gasteiger partial charge on any atom is 0.268 e. The highest BCUT2D eigenvalue weighted by Crippen LogP contribution is 2.39. The van der Waals surface area contributed by atoms with Gasteiger partial charge in [-0.25, -0.2) is 0 Å². The van der Waals surface area contributed by atoms with Crippen molar-refractivity contribution in [2.24, 2.45) is 0 Å². The first-order chi connectivity index (χ1) is 14.2. The Balaban J connectivity index is 1.92. The third kappa shape index (κ3) is 5.08. The van der Waals surface area contributed by atoms with Crippen molar-refractivity contribution in [3.8, 4) is 5.75 Å². The molecule has 0 aromatic heterocycles. The molecule has 2 aromatic rings. The molecule has 0 spiro atoms. The van der Waals surface area contributed by atoms with Crippen molar-refractivity contribution in [1.29, 1.82) is 0 Å². The monoisotopic (exact) mass is 411 g/mol. The van der Waals surface area contributed by atoms with Crippen molar-refractivity contribution in [3.05, 3.63) is 65.1 Å². The molecule has 1 aliphatic rings. The van der Waals surface area contributed by atoms with Crippen LogP contribution >= 0.6 is 11.8 Å². The van der Waals surface area contributed by atoms with E-state index in [1.54, 1.807) is 7.11 Å². The lowest BCUT2D eigenvalue weighted by Gasteiger charge is -2.14. The minimum Gasteiger partial charge on any atom is -0.494 e. The van der Waals surface area contributed by atoms with E-state index in [1.807, 2.05) is 61.5 Å². The minimum atomic E-state index is -0.258. The zero-order valence-corrected chi connectivity index (χ0v) is 17.5. The fourth-order valence-corrected chi connectivity index (χ4v) is 4.05. The smallest absolute Gasteiger partial charge is 0.268 e. The van der Waals surface area contributed by atoms with Crippen LogP contribution in [0.3, 0.4) is 0 Å². The highest BCUT2D eigenvalue weighted by molar-refractivity contribution is 8.04. The van der Waals surface area contributed by atoms with E-state index in [0.717, 1.165) is 22.6 Å². The van der Waals surface area contributed by atoms with Crippen LogP contribution in [0.1, 0.15) is 25.3 Å². The Morgan fingerprint density at radius 2 is 1.66 bits per heavy atom. The number of nitrogens with zero attached hydrogens (tertiary/aromatic N) is 1. The average molecular weight is 412 g/mol. The van der Waals surface area contributed by atoms with Crippen LogP contribution in [0.5, 0.6) is 5.75 Å². The van der Waals surface area contributed by atoms with Crippen LogP contribution in [-0.4, -0.2) is 43.6 Å². The van der Waals surface area contributed by atoms with Crippen LogP contribution in [0.25, 0.3) is 5.57 Å².